The van der Waals surface area contributed by atoms with Crippen LogP contribution in [0.25, 0.3) is 6.08 Å². The number of carbonyl (C=O) groups is 1. The highest BCUT2D eigenvalue weighted by Gasteiger charge is 2.37. The van der Waals surface area contributed by atoms with Gasteiger partial charge in [0, 0.05) is 30.8 Å². The molecule has 1 aliphatic rings. The highest BCUT2D eigenvalue weighted by Crippen LogP contribution is 2.42. The van der Waals surface area contributed by atoms with E-state index in [4.69, 9.17) is 0 Å². The summed E-state index contributed by atoms with van der Waals surface area (Å²) < 4.78 is 52.7. The van der Waals surface area contributed by atoms with Crippen molar-refractivity contribution in [3.8, 4) is 0 Å². The molecule has 1 saturated carbocycles. The normalized spacial score (nSPS) is 14.7. The van der Waals surface area contributed by atoms with E-state index >= 15 is 0 Å². The van der Waals surface area contributed by atoms with Crippen LogP contribution in [0.3, 0.4) is 0 Å². The average Bonchev–Trinajstić information content (AvgIpc) is 3.36. The minimum atomic E-state index is -4.45. The number of rotatable bonds is 7. The molecule has 1 N–H and O–H groups in total. The first-order chi connectivity index (χ1) is 12.8. The molecule has 144 valence electrons. The predicted octanol–water partition coefficient (Wildman–Crippen LogP) is 4.14. The molecule has 0 unspecified atom stereocenters. The maximum absolute atomic E-state index is 12.8. The van der Waals surface area contributed by atoms with Gasteiger partial charge in [0.05, 0.1) is 0 Å². The fraction of sp³-hybridized carbons (Fsp3) is 0.368. The third-order valence-corrected chi connectivity index (χ3v) is 4.24. The van der Waals surface area contributed by atoms with E-state index in [1.54, 1.807) is 18.2 Å². The summed E-state index contributed by atoms with van der Waals surface area (Å²) in [6, 6.07) is 6.83. The topological polar surface area (TPSA) is 46.9 Å². The number of amides is 1. The van der Waals surface area contributed by atoms with Crippen LogP contribution in [0.5, 0.6) is 0 Å². The zero-order valence-electron chi connectivity index (χ0n) is 14.5. The Labute approximate surface area is 153 Å². The highest BCUT2D eigenvalue weighted by atomic mass is 19.4. The molecule has 8 heteroatoms. The van der Waals surface area contributed by atoms with Gasteiger partial charge in [0.2, 0.25) is 5.91 Å². The first kappa shape index (κ1) is 19.1. The lowest BCUT2D eigenvalue weighted by molar-refractivity contribution is -0.141. The first-order valence-electron chi connectivity index (χ1n) is 8.69. The van der Waals surface area contributed by atoms with Gasteiger partial charge in [0.25, 0.3) is 0 Å². The van der Waals surface area contributed by atoms with E-state index in [9.17, 15) is 22.4 Å². The van der Waals surface area contributed by atoms with Crippen molar-refractivity contribution in [2.45, 2.75) is 37.9 Å². The third-order valence-electron chi connectivity index (χ3n) is 4.24. The minimum absolute atomic E-state index is 0.154. The summed E-state index contributed by atoms with van der Waals surface area (Å²) in [7, 11) is 0. The standard InChI is InChI=1S/C19H19F4N3O/c20-15-7-2-13(3-8-15)4-9-18(27)24-10-1-11-26-16(14-5-6-14)12-17(25-26)19(21,22)23/h2-4,7-9,12,14H,1,5-6,10-11H2,(H,24,27)/b9-4+. The van der Waals surface area contributed by atoms with Crippen LogP contribution in [0.1, 0.15) is 42.1 Å². The Morgan fingerprint density at radius 1 is 1.26 bits per heavy atom. The van der Waals surface area contributed by atoms with E-state index < -0.39 is 11.9 Å². The largest absolute Gasteiger partial charge is 0.435 e. The van der Waals surface area contributed by atoms with Gasteiger partial charge in [-0.15, -0.1) is 0 Å². The second-order valence-electron chi connectivity index (χ2n) is 6.48. The lowest BCUT2D eigenvalue weighted by Gasteiger charge is -2.07. The van der Waals surface area contributed by atoms with Crippen molar-refractivity contribution in [3.05, 3.63) is 59.2 Å². The fourth-order valence-electron chi connectivity index (χ4n) is 2.70. The Balaban J connectivity index is 1.48. The zero-order valence-corrected chi connectivity index (χ0v) is 14.5. The van der Waals surface area contributed by atoms with Gasteiger partial charge < -0.3 is 5.32 Å². The molecule has 27 heavy (non-hydrogen) atoms. The molecule has 3 rings (SSSR count). The van der Waals surface area contributed by atoms with Crippen molar-refractivity contribution >= 4 is 12.0 Å². The van der Waals surface area contributed by atoms with E-state index in [0.717, 1.165) is 18.9 Å². The van der Waals surface area contributed by atoms with Gasteiger partial charge in [-0.2, -0.15) is 18.3 Å². The van der Waals surface area contributed by atoms with E-state index in [0.29, 0.717) is 30.8 Å². The highest BCUT2D eigenvalue weighted by molar-refractivity contribution is 5.91. The van der Waals surface area contributed by atoms with Crippen LogP contribution in [-0.4, -0.2) is 22.2 Å². The summed E-state index contributed by atoms with van der Waals surface area (Å²) in [5.74, 6) is -0.519. The lowest BCUT2D eigenvalue weighted by atomic mass is 10.2. The van der Waals surface area contributed by atoms with Gasteiger partial charge in [0.15, 0.2) is 5.69 Å². The summed E-state index contributed by atoms with van der Waals surface area (Å²) >= 11 is 0. The zero-order chi connectivity index (χ0) is 19.4. The van der Waals surface area contributed by atoms with E-state index in [-0.39, 0.29) is 17.6 Å². The number of nitrogens with zero attached hydrogens (tertiary/aromatic N) is 2. The molecule has 0 atom stereocenters. The second kappa shape index (κ2) is 7.94. The van der Waals surface area contributed by atoms with Gasteiger partial charge >= 0.3 is 6.18 Å². The van der Waals surface area contributed by atoms with Gasteiger partial charge in [-0.3, -0.25) is 9.48 Å². The van der Waals surface area contributed by atoms with Crippen molar-refractivity contribution < 1.29 is 22.4 Å². The van der Waals surface area contributed by atoms with E-state index in [2.05, 4.69) is 10.4 Å². The van der Waals surface area contributed by atoms with Crippen LogP contribution in [0.2, 0.25) is 0 Å². The number of carbonyl (C=O) groups excluding carboxylic acids is 1. The van der Waals surface area contributed by atoms with Crippen LogP contribution < -0.4 is 5.32 Å². The van der Waals surface area contributed by atoms with Crippen LogP contribution in [0, 0.1) is 5.82 Å². The fourth-order valence-corrected chi connectivity index (χ4v) is 2.70. The molecule has 1 heterocycles. The van der Waals surface area contributed by atoms with Crippen LogP contribution in [0.15, 0.2) is 36.4 Å². The number of benzene rings is 1. The Kier molecular flexibility index (Phi) is 5.62. The van der Waals surface area contributed by atoms with Crippen molar-refractivity contribution in [2.75, 3.05) is 6.54 Å². The molecule has 1 aliphatic carbocycles. The van der Waals surface area contributed by atoms with Crippen molar-refractivity contribution in [2.24, 2.45) is 0 Å². The Morgan fingerprint density at radius 2 is 1.96 bits per heavy atom. The van der Waals surface area contributed by atoms with E-state index in [1.807, 2.05) is 0 Å². The van der Waals surface area contributed by atoms with Crippen LogP contribution in [-0.2, 0) is 17.5 Å². The Bertz CT molecular complexity index is 820. The maximum Gasteiger partial charge on any atom is 0.435 e. The quantitative estimate of drug-likeness (QED) is 0.445. The molecular formula is C19H19F4N3O. The molecule has 2 aromatic rings. The minimum Gasteiger partial charge on any atom is -0.352 e. The maximum atomic E-state index is 12.8. The molecular weight excluding hydrogens is 362 g/mol. The van der Waals surface area contributed by atoms with Crippen LogP contribution >= 0.6 is 0 Å². The number of aromatic nitrogens is 2. The summed E-state index contributed by atoms with van der Waals surface area (Å²) in [5.41, 5.74) is 0.442. The molecule has 0 saturated heterocycles. The molecule has 0 radical (unpaired) electrons. The van der Waals surface area contributed by atoms with Crippen LogP contribution in [0.4, 0.5) is 17.6 Å². The summed E-state index contributed by atoms with van der Waals surface area (Å²) in [5, 5.41) is 6.35. The number of hydrogen-bond acceptors (Lipinski definition) is 2. The number of nitrogens with one attached hydrogen (secondary N) is 1. The van der Waals surface area contributed by atoms with Crippen molar-refractivity contribution in [1.29, 1.82) is 0 Å². The summed E-state index contributed by atoms with van der Waals surface area (Å²) in [4.78, 5) is 11.8. The molecule has 4 nitrogen and oxygen atoms in total. The van der Waals surface area contributed by atoms with E-state index in [1.165, 1.54) is 22.9 Å². The predicted molar refractivity (Wildman–Crippen MR) is 92.3 cm³/mol. The molecule has 0 aliphatic heterocycles. The van der Waals surface area contributed by atoms with Gasteiger partial charge in [-0.05, 0) is 49.1 Å². The number of halogens is 4. The molecule has 1 amide bonds. The molecule has 0 spiro atoms. The van der Waals surface area contributed by atoms with Gasteiger partial charge in [0.1, 0.15) is 5.82 Å². The third kappa shape index (κ3) is 5.42. The smallest absolute Gasteiger partial charge is 0.352 e. The molecule has 1 aromatic heterocycles. The summed E-state index contributed by atoms with van der Waals surface area (Å²) in [6.07, 6.45) is 0.673. The second-order valence-corrected chi connectivity index (χ2v) is 6.48. The van der Waals surface area contributed by atoms with Crippen molar-refractivity contribution in [3.63, 3.8) is 0 Å². The Hall–Kier alpha value is -2.64. The average molecular weight is 381 g/mol. The van der Waals surface area contributed by atoms with Gasteiger partial charge in [-0.25, -0.2) is 4.39 Å². The van der Waals surface area contributed by atoms with Gasteiger partial charge in [-0.1, -0.05) is 12.1 Å². The summed E-state index contributed by atoms with van der Waals surface area (Å²) in [6.45, 7) is 0.627. The number of hydrogen-bond donors (Lipinski definition) is 1. The monoisotopic (exact) mass is 381 g/mol. The lowest BCUT2D eigenvalue weighted by Crippen LogP contribution is -2.23. The molecule has 1 aromatic carbocycles. The number of aryl methyl sites for hydroxylation is 1. The molecule has 1 fully saturated rings. The Morgan fingerprint density at radius 3 is 2.59 bits per heavy atom. The molecule has 0 bridgehead atoms. The SMILES string of the molecule is O=C(/C=C/c1ccc(F)cc1)NCCCn1nc(C(F)(F)F)cc1C1CC1. The first-order valence-corrected chi connectivity index (χ1v) is 8.69. The number of alkyl halides is 3. The van der Waals surface area contributed by atoms with Crippen molar-refractivity contribution in [1.82, 2.24) is 15.1 Å².